The summed E-state index contributed by atoms with van der Waals surface area (Å²) in [7, 11) is 1.88. The normalized spacial score (nSPS) is 21.1. The number of nitrogens with two attached hydrogens (primary N) is 2. The summed E-state index contributed by atoms with van der Waals surface area (Å²) in [4.78, 5) is 1.86. The molecule has 2 atom stereocenters. The number of halogens is 3. The quantitative estimate of drug-likeness (QED) is 0.198. The van der Waals surface area contributed by atoms with E-state index in [-0.39, 0.29) is 19.6 Å². The van der Waals surface area contributed by atoms with Crippen molar-refractivity contribution < 1.29 is 13.5 Å². The Morgan fingerprint density at radius 2 is 2.06 bits per heavy atom. The molecule has 0 spiro atoms. The van der Waals surface area contributed by atoms with E-state index < -0.39 is 12.3 Å². The summed E-state index contributed by atoms with van der Waals surface area (Å²) in [6.07, 6.45) is 3.68. The van der Waals surface area contributed by atoms with Gasteiger partial charge in [0, 0.05) is 33.2 Å². The van der Waals surface area contributed by atoms with Crippen molar-refractivity contribution >= 4 is 27.3 Å². The highest BCUT2D eigenvalue weighted by Gasteiger charge is 2.29. The standard InChI is InChI=1S/C19H27BrF2N4O.C4H9N/c1-12(8-25-7-6-14(21)15(22)10-25)11-27-17-5-4-16(19(23)18(17)20)26(24)9-13-2-3-13;1-3-4-5-2/h4-5,13-15H,1-3,6-11,23-24H2;3-5H,1-2H3/b;4-3-. The second-order valence-corrected chi connectivity index (χ2v) is 9.08. The van der Waals surface area contributed by atoms with Crippen molar-refractivity contribution in [3.63, 3.8) is 0 Å². The number of hydrazine groups is 1. The molecule has 6 nitrogen and oxygen atoms in total. The number of nitrogens with one attached hydrogen (secondary N) is 1. The van der Waals surface area contributed by atoms with E-state index in [1.165, 1.54) is 12.8 Å². The van der Waals surface area contributed by atoms with E-state index in [9.17, 15) is 8.78 Å². The molecular formula is C23H36BrF2N5O. The zero-order chi connectivity index (χ0) is 23.7. The minimum absolute atomic E-state index is 0.0961. The van der Waals surface area contributed by atoms with Crippen LogP contribution < -0.4 is 26.6 Å². The van der Waals surface area contributed by atoms with Crippen LogP contribution in [0.15, 0.2) is 41.0 Å². The average Bonchev–Trinajstić information content (AvgIpc) is 3.57. The van der Waals surface area contributed by atoms with E-state index in [0.717, 1.165) is 17.8 Å². The molecule has 1 saturated heterocycles. The first-order chi connectivity index (χ1) is 15.3. The summed E-state index contributed by atoms with van der Waals surface area (Å²) < 4.78 is 33.2. The number of hydrogen-bond donors (Lipinski definition) is 3. The van der Waals surface area contributed by atoms with Crippen molar-refractivity contribution in [2.24, 2.45) is 11.8 Å². The molecule has 2 unspecified atom stereocenters. The molecule has 0 aromatic heterocycles. The minimum Gasteiger partial charge on any atom is -0.488 e. The monoisotopic (exact) mass is 515 g/mol. The Balaban J connectivity index is 0.000000654. The van der Waals surface area contributed by atoms with E-state index in [4.69, 9.17) is 16.3 Å². The third-order valence-corrected chi connectivity index (χ3v) is 6.16. The van der Waals surface area contributed by atoms with Crippen molar-refractivity contribution in [3.8, 4) is 5.75 Å². The maximum absolute atomic E-state index is 13.5. The third kappa shape index (κ3) is 8.26. The predicted molar refractivity (Wildman–Crippen MR) is 132 cm³/mol. The Morgan fingerprint density at radius 1 is 1.34 bits per heavy atom. The fourth-order valence-corrected chi connectivity index (χ4v) is 3.84. The molecule has 1 aliphatic heterocycles. The van der Waals surface area contributed by atoms with Gasteiger partial charge < -0.3 is 20.8 Å². The van der Waals surface area contributed by atoms with Crippen molar-refractivity contribution in [1.82, 2.24) is 10.2 Å². The first-order valence-electron chi connectivity index (χ1n) is 10.9. The highest BCUT2D eigenvalue weighted by molar-refractivity contribution is 9.10. The SMILES string of the molecule is C/C=C\NC.C=C(COc1ccc(N(N)CC2CC2)c(N)c1Br)CN1CCC(F)C(F)C1. The smallest absolute Gasteiger partial charge is 0.144 e. The molecule has 3 rings (SSSR count). The minimum atomic E-state index is -1.43. The van der Waals surface area contributed by atoms with Crippen LogP contribution in [0, 0.1) is 5.92 Å². The average molecular weight is 516 g/mol. The van der Waals surface area contributed by atoms with Gasteiger partial charge >= 0.3 is 0 Å². The lowest BCUT2D eigenvalue weighted by Crippen LogP contribution is -2.43. The largest absolute Gasteiger partial charge is 0.488 e. The number of alkyl halides is 2. The number of benzene rings is 1. The zero-order valence-electron chi connectivity index (χ0n) is 19.0. The van der Waals surface area contributed by atoms with Crippen LogP contribution in [0.1, 0.15) is 26.2 Å². The van der Waals surface area contributed by atoms with E-state index in [1.54, 1.807) is 5.01 Å². The van der Waals surface area contributed by atoms with Gasteiger partial charge in [-0.3, -0.25) is 4.90 Å². The van der Waals surface area contributed by atoms with Crippen LogP contribution in [0.5, 0.6) is 5.75 Å². The highest BCUT2D eigenvalue weighted by atomic mass is 79.9. The topological polar surface area (TPSA) is 79.8 Å². The number of nitrogen functional groups attached to an aromatic ring is 1. The summed E-state index contributed by atoms with van der Waals surface area (Å²) in [5, 5.41) is 4.52. The molecule has 0 amide bonds. The van der Waals surface area contributed by atoms with Crippen LogP contribution in [0.4, 0.5) is 20.2 Å². The Bertz CT molecular complexity index is 775. The number of piperidine rings is 1. The van der Waals surface area contributed by atoms with E-state index in [2.05, 4.69) is 27.8 Å². The van der Waals surface area contributed by atoms with Crippen LogP contribution in [-0.2, 0) is 0 Å². The van der Waals surface area contributed by atoms with Gasteiger partial charge in [-0.25, -0.2) is 14.6 Å². The lowest BCUT2D eigenvalue weighted by molar-refractivity contribution is 0.0632. The third-order valence-electron chi connectivity index (χ3n) is 5.34. The Kier molecular flexibility index (Phi) is 10.7. The fourth-order valence-electron chi connectivity index (χ4n) is 3.39. The van der Waals surface area contributed by atoms with Crippen LogP contribution in [0.2, 0.25) is 0 Å². The maximum atomic E-state index is 13.5. The molecule has 32 heavy (non-hydrogen) atoms. The molecule has 1 heterocycles. The van der Waals surface area contributed by atoms with E-state index >= 15 is 0 Å². The van der Waals surface area contributed by atoms with Gasteiger partial charge in [0.2, 0.25) is 0 Å². The Hall–Kier alpha value is -1.84. The van der Waals surface area contributed by atoms with Crippen LogP contribution >= 0.6 is 15.9 Å². The summed E-state index contributed by atoms with van der Waals surface area (Å²) in [6, 6.07) is 3.67. The number of ether oxygens (including phenoxy) is 1. The first-order valence-corrected chi connectivity index (χ1v) is 11.7. The second kappa shape index (κ2) is 13.0. The van der Waals surface area contributed by atoms with Crippen LogP contribution in [0.25, 0.3) is 0 Å². The lowest BCUT2D eigenvalue weighted by Gasteiger charge is -2.31. The van der Waals surface area contributed by atoms with E-state index in [1.807, 2.05) is 43.3 Å². The van der Waals surface area contributed by atoms with Gasteiger partial charge in [-0.15, -0.1) is 0 Å². The molecule has 2 aliphatic rings. The fraction of sp³-hybridized carbons (Fsp3) is 0.565. The number of rotatable bonds is 9. The van der Waals surface area contributed by atoms with Crippen molar-refractivity contribution in [2.75, 3.05) is 50.6 Å². The van der Waals surface area contributed by atoms with Gasteiger partial charge in [0.1, 0.15) is 24.7 Å². The summed E-state index contributed by atoms with van der Waals surface area (Å²) in [5.74, 6) is 7.37. The van der Waals surface area contributed by atoms with Gasteiger partial charge in [-0.2, -0.15) is 0 Å². The van der Waals surface area contributed by atoms with Gasteiger partial charge in [-0.05, 0) is 71.9 Å². The molecule has 9 heteroatoms. The van der Waals surface area contributed by atoms with Crippen molar-refractivity contribution in [3.05, 3.63) is 41.0 Å². The number of nitrogens with zero attached hydrogens (tertiary/aromatic N) is 2. The van der Waals surface area contributed by atoms with Crippen LogP contribution in [0.3, 0.4) is 0 Å². The van der Waals surface area contributed by atoms with Gasteiger partial charge in [0.25, 0.3) is 0 Å². The highest BCUT2D eigenvalue weighted by Crippen LogP contribution is 2.39. The molecule has 1 aliphatic carbocycles. The number of likely N-dealkylation sites (tertiary alicyclic amines) is 1. The van der Waals surface area contributed by atoms with Crippen LogP contribution in [-0.4, -0.2) is 57.1 Å². The molecule has 1 aromatic carbocycles. The summed E-state index contributed by atoms with van der Waals surface area (Å²) in [6.45, 7) is 8.13. The zero-order valence-corrected chi connectivity index (χ0v) is 20.6. The summed E-state index contributed by atoms with van der Waals surface area (Å²) in [5.41, 5.74) is 8.30. The molecule has 0 bridgehead atoms. The molecular weight excluding hydrogens is 480 g/mol. The van der Waals surface area contributed by atoms with Crippen molar-refractivity contribution in [2.45, 2.75) is 38.5 Å². The molecule has 1 aromatic rings. The van der Waals surface area contributed by atoms with Crippen molar-refractivity contribution in [1.29, 1.82) is 0 Å². The molecule has 180 valence electrons. The van der Waals surface area contributed by atoms with Gasteiger partial charge in [-0.1, -0.05) is 12.7 Å². The molecule has 5 N–H and O–H groups in total. The molecule has 0 radical (unpaired) electrons. The molecule has 1 saturated carbocycles. The first kappa shape index (κ1) is 26.4. The predicted octanol–water partition coefficient (Wildman–Crippen LogP) is 4.18. The summed E-state index contributed by atoms with van der Waals surface area (Å²) >= 11 is 3.48. The Morgan fingerprint density at radius 3 is 2.62 bits per heavy atom. The van der Waals surface area contributed by atoms with E-state index in [0.29, 0.717) is 34.9 Å². The van der Waals surface area contributed by atoms with Gasteiger partial charge in [0.05, 0.1) is 15.8 Å². The second-order valence-electron chi connectivity index (χ2n) is 8.29. The maximum Gasteiger partial charge on any atom is 0.144 e. The lowest BCUT2D eigenvalue weighted by atomic mass is 10.1. The van der Waals surface area contributed by atoms with Gasteiger partial charge in [0.15, 0.2) is 0 Å². The number of hydrogen-bond acceptors (Lipinski definition) is 6. The number of anilines is 2. The number of allylic oxidation sites excluding steroid dienone is 1. The Labute approximate surface area is 198 Å². The molecule has 2 fully saturated rings.